The van der Waals surface area contributed by atoms with Crippen molar-refractivity contribution in [3.8, 4) is 5.75 Å². The number of nitrogens with zero attached hydrogens (tertiary/aromatic N) is 1. The third-order valence-corrected chi connectivity index (χ3v) is 4.52. The smallest absolute Gasteiger partial charge is 0.226 e. The summed E-state index contributed by atoms with van der Waals surface area (Å²) in [6.07, 6.45) is 1.98. The number of nitrogens with one attached hydrogen (secondary N) is 1. The van der Waals surface area contributed by atoms with Crippen LogP contribution in [0.25, 0.3) is 10.8 Å². The molecule has 1 N–H and O–H groups in total. The van der Waals surface area contributed by atoms with E-state index in [0.29, 0.717) is 18.1 Å². The third kappa shape index (κ3) is 3.22. The molecule has 0 saturated carbocycles. The molecule has 1 aromatic heterocycles. The highest BCUT2D eigenvalue weighted by molar-refractivity contribution is 5.90. The van der Waals surface area contributed by atoms with Crippen LogP contribution in [0.2, 0.25) is 0 Å². The van der Waals surface area contributed by atoms with Gasteiger partial charge in [-0.2, -0.15) is 0 Å². The average molecular weight is 336 g/mol. The van der Waals surface area contributed by atoms with Gasteiger partial charge in [-0.3, -0.25) is 4.79 Å². The molecule has 1 aliphatic heterocycles. The van der Waals surface area contributed by atoms with Crippen molar-refractivity contribution in [1.82, 2.24) is 10.5 Å². The van der Waals surface area contributed by atoms with E-state index in [1.165, 1.54) is 0 Å². The lowest BCUT2D eigenvalue weighted by Crippen LogP contribution is -2.29. The molecule has 2 aromatic carbocycles. The van der Waals surface area contributed by atoms with E-state index < -0.39 is 0 Å². The van der Waals surface area contributed by atoms with Crippen molar-refractivity contribution in [2.45, 2.75) is 32.2 Å². The highest BCUT2D eigenvalue weighted by atomic mass is 16.5. The number of aryl methyl sites for hydroxylation is 1. The van der Waals surface area contributed by atoms with E-state index >= 15 is 0 Å². The Morgan fingerprint density at radius 3 is 3.00 bits per heavy atom. The van der Waals surface area contributed by atoms with Gasteiger partial charge in [0, 0.05) is 17.0 Å². The van der Waals surface area contributed by atoms with Crippen LogP contribution in [-0.2, 0) is 11.2 Å². The number of fused-ring (bicyclic) bond motifs is 3. The van der Waals surface area contributed by atoms with Crippen LogP contribution in [0.1, 0.15) is 35.9 Å². The molecule has 0 spiro atoms. The van der Waals surface area contributed by atoms with E-state index in [1.807, 2.05) is 19.1 Å². The number of ether oxygens (including phenoxy) is 1. The Morgan fingerprint density at radius 1 is 1.28 bits per heavy atom. The maximum absolute atomic E-state index is 12.4. The quantitative estimate of drug-likeness (QED) is 0.792. The van der Waals surface area contributed by atoms with Crippen LogP contribution in [0.15, 0.2) is 47.0 Å². The van der Waals surface area contributed by atoms with Crippen molar-refractivity contribution in [3.63, 3.8) is 0 Å². The van der Waals surface area contributed by atoms with Crippen LogP contribution in [0.5, 0.6) is 5.75 Å². The zero-order valence-electron chi connectivity index (χ0n) is 14.1. The number of hydrogen-bond donors (Lipinski definition) is 1. The summed E-state index contributed by atoms with van der Waals surface area (Å²) in [7, 11) is 0. The molecule has 0 aliphatic carbocycles. The van der Waals surface area contributed by atoms with Gasteiger partial charge in [0.15, 0.2) is 0 Å². The van der Waals surface area contributed by atoms with Gasteiger partial charge in [-0.25, -0.2) is 0 Å². The molecule has 0 saturated heterocycles. The van der Waals surface area contributed by atoms with Gasteiger partial charge in [-0.1, -0.05) is 41.6 Å². The summed E-state index contributed by atoms with van der Waals surface area (Å²) < 4.78 is 11.0. The third-order valence-electron chi connectivity index (χ3n) is 4.52. The van der Waals surface area contributed by atoms with Crippen LogP contribution in [0.4, 0.5) is 0 Å². The molecule has 1 aliphatic rings. The Balaban J connectivity index is 1.60. The summed E-state index contributed by atoms with van der Waals surface area (Å²) in [5.74, 6) is 1.54. The minimum absolute atomic E-state index is 0.0531. The molecule has 3 aromatic rings. The largest absolute Gasteiger partial charge is 0.493 e. The molecule has 5 heteroatoms. The Bertz CT molecular complexity index is 916. The van der Waals surface area contributed by atoms with Crippen molar-refractivity contribution in [2.75, 3.05) is 6.61 Å². The van der Waals surface area contributed by atoms with Gasteiger partial charge in [-0.05, 0) is 25.2 Å². The van der Waals surface area contributed by atoms with E-state index in [0.717, 1.165) is 34.9 Å². The first-order chi connectivity index (χ1) is 12.2. The van der Waals surface area contributed by atoms with Crippen LogP contribution in [0.3, 0.4) is 0 Å². The summed E-state index contributed by atoms with van der Waals surface area (Å²) in [4.78, 5) is 12.4. The van der Waals surface area contributed by atoms with Crippen LogP contribution in [-0.4, -0.2) is 17.7 Å². The zero-order chi connectivity index (χ0) is 17.2. The standard InChI is InChI=1S/C20H20N2O3/c1-13-11-15(22-25-13)12-19(23)21-18-7-4-10-24-20-16-6-3-2-5-14(16)8-9-17(18)20/h2-3,5-6,8-9,11,18H,4,7,10,12H2,1H3,(H,21,23). The number of rotatable bonds is 3. The van der Waals surface area contributed by atoms with E-state index in [2.05, 4.69) is 34.7 Å². The van der Waals surface area contributed by atoms with Gasteiger partial charge in [0.25, 0.3) is 0 Å². The molecule has 1 unspecified atom stereocenters. The molecule has 0 radical (unpaired) electrons. The van der Waals surface area contributed by atoms with Gasteiger partial charge >= 0.3 is 0 Å². The van der Waals surface area contributed by atoms with Gasteiger partial charge in [0.2, 0.25) is 5.91 Å². The number of carbonyl (C=O) groups excluding carboxylic acids is 1. The summed E-state index contributed by atoms with van der Waals surface area (Å²) >= 11 is 0. The van der Waals surface area contributed by atoms with E-state index in [4.69, 9.17) is 9.26 Å². The fourth-order valence-electron chi connectivity index (χ4n) is 3.37. The lowest BCUT2D eigenvalue weighted by molar-refractivity contribution is -0.121. The highest BCUT2D eigenvalue weighted by Gasteiger charge is 2.23. The summed E-state index contributed by atoms with van der Waals surface area (Å²) in [6, 6.07) is 14.1. The molecule has 1 amide bonds. The predicted octanol–water partition coefficient (Wildman–Crippen LogP) is 3.71. The molecule has 0 bridgehead atoms. The number of amides is 1. The second kappa shape index (κ2) is 6.59. The molecule has 0 fully saturated rings. The van der Waals surface area contributed by atoms with Crippen molar-refractivity contribution in [2.24, 2.45) is 0 Å². The molecule has 25 heavy (non-hydrogen) atoms. The summed E-state index contributed by atoms with van der Waals surface area (Å²) in [5.41, 5.74) is 1.69. The lowest BCUT2D eigenvalue weighted by atomic mass is 9.98. The normalized spacial score (nSPS) is 16.8. The number of carbonyl (C=O) groups is 1. The van der Waals surface area contributed by atoms with Crippen LogP contribution in [0, 0.1) is 6.92 Å². The van der Waals surface area contributed by atoms with Crippen molar-refractivity contribution in [3.05, 3.63) is 59.5 Å². The van der Waals surface area contributed by atoms with Gasteiger partial charge in [-0.15, -0.1) is 0 Å². The molecular weight excluding hydrogens is 316 g/mol. The van der Waals surface area contributed by atoms with Crippen LogP contribution >= 0.6 is 0 Å². The Labute approximate surface area is 146 Å². The van der Waals surface area contributed by atoms with Gasteiger partial charge in [0.05, 0.1) is 24.8 Å². The summed E-state index contributed by atoms with van der Waals surface area (Å²) in [5, 5.41) is 9.26. The fourth-order valence-corrected chi connectivity index (χ4v) is 3.37. The lowest BCUT2D eigenvalue weighted by Gasteiger charge is -2.19. The number of hydrogen-bond acceptors (Lipinski definition) is 4. The molecule has 5 nitrogen and oxygen atoms in total. The molecule has 2 heterocycles. The van der Waals surface area contributed by atoms with E-state index in [1.54, 1.807) is 6.07 Å². The molecular formula is C20H20N2O3. The second-order valence-corrected chi connectivity index (χ2v) is 6.42. The highest BCUT2D eigenvalue weighted by Crippen LogP contribution is 2.37. The van der Waals surface area contributed by atoms with Crippen molar-refractivity contribution >= 4 is 16.7 Å². The van der Waals surface area contributed by atoms with E-state index in [9.17, 15) is 4.79 Å². The topological polar surface area (TPSA) is 64.4 Å². The average Bonchev–Trinajstić information content (AvgIpc) is 2.90. The van der Waals surface area contributed by atoms with Gasteiger partial charge in [0.1, 0.15) is 11.5 Å². The first kappa shape index (κ1) is 15.7. The minimum atomic E-state index is -0.0562. The fraction of sp³-hybridized carbons (Fsp3) is 0.300. The monoisotopic (exact) mass is 336 g/mol. The van der Waals surface area contributed by atoms with E-state index in [-0.39, 0.29) is 18.4 Å². The maximum Gasteiger partial charge on any atom is 0.226 e. The maximum atomic E-state index is 12.4. The van der Waals surface area contributed by atoms with Crippen molar-refractivity contribution < 1.29 is 14.1 Å². The Kier molecular flexibility index (Phi) is 4.14. The Morgan fingerprint density at radius 2 is 2.16 bits per heavy atom. The molecule has 128 valence electrons. The second-order valence-electron chi connectivity index (χ2n) is 6.42. The number of aromatic nitrogens is 1. The summed E-state index contributed by atoms with van der Waals surface area (Å²) in [6.45, 7) is 2.48. The van der Waals surface area contributed by atoms with Crippen molar-refractivity contribution in [1.29, 1.82) is 0 Å². The Hall–Kier alpha value is -2.82. The molecule has 4 rings (SSSR count). The number of benzene rings is 2. The first-order valence-corrected chi connectivity index (χ1v) is 8.57. The first-order valence-electron chi connectivity index (χ1n) is 8.57. The van der Waals surface area contributed by atoms with Gasteiger partial charge < -0.3 is 14.6 Å². The zero-order valence-corrected chi connectivity index (χ0v) is 14.1. The molecule has 1 atom stereocenters. The van der Waals surface area contributed by atoms with Crippen LogP contribution < -0.4 is 10.1 Å². The predicted molar refractivity (Wildman–Crippen MR) is 94.5 cm³/mol. The minimum Gasteiger partial charge on any atom is -0.493 e. The SMILES string of the molecule is Cc1cc(CC(=O)NC2CCCOc3c2ccc2ccccc32)no1.